The minimum Gasteiger partial charge on any atom is -0.493 e. The number of nitrogens with one attached hydrogen (secondary N) is 2. The van der Waals surface area contributed by atoms with Gasteiger partial charge in [-0.15, -0.1) is 0 Å². The van der Waals surface area contributed by atoms with E-state index in [-0.39, 0.29) is 6.61 Å². The summed E-state index contributed by atoms with van der Waals surface area (Å²) in [5.74, 6) is 0.720. The van der Waals surface area contributed by atoms with Crippen LogP contribution < -0.4 is 20.1 Å². The number of para-hydroxylation sites is 1. The minimum atomic E-state index is -0.561. The van der Waals surface area contributed by atoms with Crippen molar-refractivity contribution in [2.45, 2.75) is 19.9 Å². The molecule has 0 aromatic heterocycles. The van der Waals surface area contributed by atoms with Gasteiger partial charge >= 0.3 is 5.97 Å². The smallest absolute Gasteiger partial charge is 0.338 e. The maximum absolute atomic E-state index is 13.0. The van der Waals surface area contributed by atoms with Gasteiger partial charge in [0.05, 0.1) is 37.6 Å². The summed E-state index contributed by atoms with van der Waals surface area (Å²) < 4.78 is 16.7. The largest absolute Gasteiger partial charge is 0.493 e. The van der Waals surface area contributed by atoms with Crippen molar-refractivity contribution in [3.05, 3.63) is 65.2 Å². The fraction of sp³-hybridized carbons (Fsp3) is 0.273. The van der Waals surface area contributed by atoms with Crippen molar-refractivity contribution in [1.82, 2.24) is 10.6 Å². The lowest BCUT2D eigenvalue weighted by molar-refractivity contribution is -0.138. The van der Waals surface area contributed by atoms with Crippen molar-refractivity contribution in [2.75, 3.05) is 20.3 Å². The summed E-state index contributed by atoms with van der Waals surface area (Å²) in [6.07, 6.45) is 0. The molecular weight excluding hydrogens is 388 g/mol. The number of hydrogen-bond donors (Lipinski definition) is 2. The third kappa shape index (κ3) is 4.35. The second kappa shape index (κ2) is 9.43. The molecule has 1 heterocycles. The molecule has 2 aromatic rings. The highest BCUT2D eigenvalue weighted by molar-refractivity contribution is 7.80. The standard InChI is InChI=1S/C22H24N2O4S/c1-4-27-20-15(12-9-13-16(20)26-3)19-17(21(25)28-5-2)18(23-22(29)24-19)14-10-7-6-8-11-14/h6-13,19H,4-5H2,1-3H3,(H2,23,24,29). The van der Waals surface area contributed by atoms with E-state index in [2.05, 4.69) is 10.6 Å². The van der Waals surface area contributed by atoms with Gasteiger partial charge in [-0.25, -0.2) is 4.79 Å². The first kappa shape index (κ1) is 20.7. The molecule has 1 aliphatic heterocycles. The van der Waals surface area contributed by atoms with Gasteiger partial charge in [0.1, 0.15) is 0 Å². The second-order valence-corrected chi connectivity index (χ2v) is 6.63. The van der Waals surface area contributed by atoms with Gasteiger partial charge in [0.2, 0.25) is 0 Å². The first-order valence-electron chi connectivity index (χ1n) is 9.44. The van der Waals surface area contributed by atoms with Gasteiger partial charge in [-0.1, -0.05) is 42.5 Å². The van der Waals surface area contributed by atoms with Crippen LogP contribution in [0.4, 0.5) is 0 Å². The predicted molar refractivity (Wildman–Crippen MR) is 116 cm³/mol. The van der Waals surface area contributed by atoms with Crippen LogP contribution >= 0.6 is 12.2 Å². The second-order valence-electron chi connectivity index (χ2n) is 6.22. The normalized spacial score (nSPS) is 16.0. The Morgan fingerprint density at radius 3 is 2.48 bits per heavy atom. The maximum Gasteiger partial charge on any atom is 0.338 e. The number of thiocarbonyl (C=S) groups is 1. The fourth-order valence-corrected chi connectivity index (χ4v) is 3.50. The summed E-state index contributed by atoms with van der Waals surface area (Å²) in [7, 11) is 1.58. The molecule has 0 fully saturated rings. The molecule has 0 amide bonds. The van der Waals surface area contributed by atoms with E-state index >= 15 is 0 Å². The van der Waals surface area contributed by atoms with E-state index in [0.717, 1.165) is 11.1 Å². The number of methoxy groups -OCH3 is 1. The molecule has 0 spiro atoms. The highest BCUT2D eigenvalue weighted by Gasteiger charge is 2.35. The lowest BCUT2D eigenvalue weighted by Crippen LogP contribution is -2.45. The van der Waals surface area contributed by atoms with Crippen LogP contribution in [0.3, 0.4) is 0 Å². The molecule has 0 saturated heterocycles. The average Bonchev–Trinajstić information content (AvgIpc) is 2.74. The molecule has 152 valence electrons. The van der Waals surface area contributed by atoms with Gasteiger partial charge in [0, 0.05) is 5.56 Å². The SMILES string of the molecule is CCOC(=O)C1=C(c2ccccc2)NC(=S)NC1c1cccc(OC)c1OCC. The van der Waals surface area contributed by atoms with E-state index in [9.17, 15) is 4.79 Å². The van der Waals surface area contributed by atoms with Crippen molar-refractivity contribution in [3.63, 3.8) is 0 Å². The highest BCUT2D eigenvalue weighted by atomic mass is 32.1. The number of esters is 1. The third-order valence-electron chi connectivity index (χ3n) is 4.46. The summed E-state index contributed by atoms with van der Waals surface area (Å²) in [5, 5.41) is 6.74. The monoisotopic (exact) mass is 412 g/mol. The molecule has 0 bridgehead atoms. The zero-order valence-electron chi connectivity index (χ0n) is 16.7. The van der Waals surface area contributed by atoms with Gasteiger partial charge < -0.3 is 24.8 Å². The topological polar surface area (TPSA) is 68.8 Å². The number of ether oxygens (including phenoxy) is 3. The number of hydrogen-bond acceptors (Lipinski definition) is 5. The van der Waals surface area contributed by atoms with Crippen LogP contribution in [-0.4, -0.2) is 31.4 Å². The Labute approximate surface area is 175 Å². The van der Waals surface area contributed by atoms with Crippen molar-refractivity contribution in [3.8, 4) is 11.5 Å². The quantitative estimate of drug-likeness (QED) is 0.532. The third-order valence-corrected chi connectivity index (χ3v) is 4.68. The first-order chi connectivity index (χ1) is 14.1. The molecule has 2 N–H and O–H groups in total. The Bertz CT molecular complexity index is 928. The number of carbonyl (C=O) groups excluding carboxylic acids is 1. The average molecular weight is 413 g/mol. The lowest BCUT2D eigenvalue weighted by Gasteiger charge is -2.32. The van der Waals surface area contributed by atoms with E-state index in [1.54, 1.807) is 14.0 Å². The van der Waals surface area contributed by atoms with E-state index in [4.69, 9.17) is 26.4 Å². The first-order valence-corrected chi connectivity index (χ1v) is 9.85. The van der Waals surface area contributed by atoms with Crippen LogP contribution in [0.2, 0.25) is 0 Å². The number of rotatable bonds is 7. The molecule has 0 saturated carbocycles. The molecule has 7 heteroatoms. The van der Waals surface area contributed by atoms with Gasteiger partial charge in [-0.3, -0.25) is 0 Å². The van der Waals surface area contributed by atoms with Gasteiger partial charge in [0.15, 0.2) is 16.6 Å². The summed E-state index contributed by atoms with van der Waals surface area (Å²) >= 11 is 5.45. The van der Waals surface area contributed by atoms with Gasteiger partial charge in [0.25, 0.3) is 0 Å². The fourth-order valence-electron chi connectivity index (χ4n) is 3.28. The highest BCUT2D eigenvalue weighted by Crippen LogP contribution is 2.40. The Morgan fingerprint density at radius 2 is 1.83 bits per heavy atom. The van der Waals surface area contributed by atoms with E-state index in [0.29, 0.717) is 34.5 Å². The number of carbonyl (C=O) groups is 1. The molecule has 29 heavy (non-hydrogen) atoms. The van der Waals surface area contributed by atoms with E-state index < -0.39 is 12.0 Å². The van der Waals surface area contributed by atoms with Crippen LogP contribution in [0.1, 0.15) is 31.0 Å². The van der Waals surface area contributed by atoms with Gasteiger partial charge in [-0.2, -0.15) is 0 Å². The minimum absolute atomic E-state index is 0.262. The molecule has 1 atom stereocenters. The molecule has 1 unspecified atom stereocenters. The van der Waals surface area contributed by atoms with Crippen LogP contribution in [-0.2, 0) is 9.53 Å². The molecular formula is C22H24N2O4S. The van der Waals surface area contributed by atoms with Crippen molar-refractivity contribution in [2.24, 2.45) is 0 Å². The lowest BCUT2D eigenvalue weighted by atomic mass is 9.92. The van der Waals surface area contributed by atoms with Gasteiger partial charge in [-0.05, 0) is 37.7 Å². The summed E-state index contributed by atoms with van der Waals surface area (Å²) in [4.78, 5) is 13.0. The van der Waals surface area contributed by atoms with Crippen molar-refractivity contribution >= 4 is 29.0 Å². The molecule has 1 aliphatic rings. The Morgan fingerprint density at radius 1 is 1.07 bits per heavy atom. The zero-order chi connectivity index (χ0) is 20.8. The predicted octanol–water partition coefficient (Wildman–Crippen LogP) is 3.59. The Kier molecular flexibility index (Phi) is 6.72. The van der Waals surface area contributed by atoms with Crippen molar-refractivity contribution in [1.29, 1.82) is 0 Å². The molecule has 0 radical (unpaired) electrons. The van der Waals surface area contributed by atoms with Crippen molar-refractivity contribution < 1.29 is 19.0 Å². The number of benzene rings is 2. The van der Waals surface area contributed by atoms with Crippen LogP contribution in [0.5, 0.6) is 11.5 Å². The summed E-state index contributed by atoms with van der Waals surface area (Å²) in [6, 6.07) is 14.6. The summed E-state index contributed by atoms with van der Waals surface area (Å²) in [6.45, 7) is 4.39. The Hall–Kier alpha value is -3.06. The van der Waals surface area contributed by atoms with Crippen LogP contribution in [0, 0.1) is 0 Å². The van der Waals surface area contributed by atoms with Crippen LogP contribution in [0.25, 0.3) is 5.70 Å². The zero-order valence-corrected chi connectivity index (χ0v) is 17.5. The molecule has 0 aliphatic carbocycles. The molecule has 6 nitrogen and oxygen atoms in total. The molecule has 3 rings (SSSR count). The summed E-state index contributed by atoms with van der Waals surface area (Å²) in [5.41, 5.74) is 2.63. The Balaban J connectivity index is 2.24. The van der Waals surface area contributed by atoms with Crippen LogP contribution in [0.15, 0.2) is 54.1 Å². The maximum atomic E-state index is 13.0. The van der Waals surface area contributed by atoms with E-state index in [1.165, 1.54) is 0 Å². The molecule has 2 aromatic carbocycles. The van der Waals surface area contributed by atoms with E-state index in [1.807, 2.05) is 55.5 Å².